The third kappa shape index (κ3) is 3.04. The lowest BCUT2D eigenvalue weighted by molar-refractivity contribution is 0.197. The van der Waals surface area contributed by atoms with Crippen molar-refractivity contribution < 1.29 is 4.52 Å². The molecule has 0 N–H and O–H groups in total. The zero-order valence-corrected chi connectivity index (χ0v) is 11.4. The summed E-state index contributed by atoms with van der Waals surface area (Å²) in [5, 5.41) is 4.19. The van der Waals surface area contributed by atoms with Crippen LogP contribution in [-0.4, -0.2) is 23.1 Å². The molecular weight excluding hydrogens is 236 g/mol. The zero-order chi connectivity index (χ0) is 13.1. The Balaban J connectivity index is 1.72. The molecule has 0 amide bonds. The van der Waals surface area contributed by atoms with Gasteiger partial charge < -0.3 is 4.52 Å². The molecule has 19 heavy (non-hydrogen) atoms. The molecule has 0 bridgehead atoms. The first-order valence-electron chi connectivity index (χ1n) is 7.06. The SMILES string of the molecule is Cc1cccc(-c2cc(CN3CCCCC3)on2)c1. The average Bonchev–Trinajstić information content (AvgIpc) is 2.88. The summed E-state index contributed by atoms with van der Waals surface area (Å²) in [6.07, 6.45) is 3.97. The predicted molar refractivity (Wildman–Crippen MR) is 75.8 cm³/mol. The first-order chi connectivity index (χ1) is 9.31. The van der Waals surface area contributed by atoms with E-state index in [1.807, 2.05) is 0 Å². The van der Waals surface area contributed by atoms with E-state index in [9.17, 15) is 0 Å². The molecule has 3 nitrogen and oxygen atoms in total. The van der Waals surface area contributed by atoms with Gasteiger partial charge in [-0.25, -0.2) is 0 Å². The van der Waals surface area contributed by atoms with E-state index in [1.54, 1.807) is 0 Å². The molecule has 0 radical (unpaired) electrons. The molecule has 0 unspecified atom stereocenters. The normalized spacial score (nSPS) is 16.7. The van der Waals surface area contributed by atoms with Crippen LogP contribution in [0.1, 0.15) is 30.6 Å². The number of aromatic nitrogens is 1. The molecule has 0 atom stereocenters. The van der Waals surface area contributed by atoms with E-state index in [-0.39, 0.29) is 0 Å². The highest BCUT2D eigenvalue weighted by Gasteiger charge is 2.14. The average molecular weight is 256 g/mol. The number of hydrogen-bond donors (Lipinski definition) is 0. The number of piperidine rings is 1. The van der Waals surface area contributed by atoms with Crippen LogP contribution in [0.3, 0.4) is 0 Å². The van der Waals surface area contributed by atoms with Crippen LogP contribution in [0.25, 0.3) is 11.3 Å². The van der Waals surface area contributed by atoms with Crippen LogP contribution < -0.4 is 0 Å². The quantitative estimate of drug-likeness (QED) is 0.839. The minimum atomic E-state index is 0.888. The maximum atomic E-state index is 5.47. The fourth-order valence-corrected chi connectivity index (χ4v) is 2.67. The molecule has 1 aromatic carbocycles. The minimum absolute atomic E-state index is 0.888. The summed E-state index contributed by atoms with van der Waals surface area (Å²) in [5.41, 5.74) is 3.32. The van der Waals surface area contributed by atoms with Gasteiger partial charge in [-0.1, -0.05) is 35.3 Å². The molecule has 1 saturated heterocycles. The summed E-state index contributed by atoms with van der Waals surface area (Å²) in [6.45, 7) is 5.35. The third-order valence-corrected chi connectivity index (χ3v) is 3.70. The Morgan fingerprint density at radius 2 is 2.00 bits per heavy atom. The monoisotopic (exact) mass is 256 g/mol. The summed E-state index contributed by atoms with van der Waals surface area (Å²) >= 11 is 0. The van der Waals surface area contributed by atoms with Crippen LogP contribution in [0.15, 0.2) is 34.9 Å². The van der Waals surface area contributed by atoms with Gasteiger partial charge in [0.25, 0.3) is 0 Å². The molecule has 2 heterocycles. The Morgan fingerprint density at radius 1 is 1.16 bits per heavy atom. The molecule has 2 aromatic rings. The second kappa shape index (κ2) is 5.57. The number of likely N-dealkylation sites (tertiary alicyclic amines) is 1. The first-order valence-corrected chi connectivity index (χ1v) is 7.06. The van der Waals surface area contributed by atoms with E-state index < -0.39 is 0 Å². The van der Waals surface area contributed by atoms with Crippen molar-refractivity contribution >= 4 is 0 Å². The van der Waals surface area contributed by atoms with Gasteiger partial charge in [0.05, 0.1) is 6.54 Å². The van der Waals surface area contributed by atoms with Crippen LogP contribution in [0.2, 0.25) is 0 Å². The second-order valence-corrected chi connectivity index (χ2v) is 5.38. The Morgan fingerprint density at radius 3 is 2.79 bits per heavy atom. The summed E-state index contributed by atoms with van der Waals surface area (Å²) in [7, 11) is 0. The lowest BCUT2D eigenvalue weighted by atomic mass is 10.1. The first kappa shape index (κ1) is 12.4. The molecule has 0 spiro atoms. The number of benzene rings is 1. The zero-order valence-electron chi connectivity index (χ0n) is 11.4. The van der Waals surface area contributed by atoms with Gasteiger partial charge in [0.15, 0.2) is 5.76 Å². The Kier molecular flexibility index (Phi) is 3.65. The molecule has 1 aliphatic rings. The smallest absolute Gasteiger partial charge is 0.151 e. The van der Waals surface area contributed by atoms with Crippen LogP contribution >= 0.6 is 0 Å². The molecular formula is C16H20N2O. The molecule has 1 aliphatic heterocycles. The van der Waals surface area contributed by atoms with Crippen LogP contribution in [0.5, 0.6) is 0 Å². The van der Waals surface area contributed by atoms with Crippen molar-refractivity contribution in [3.05, 3.63) is 41.7 Å². The topological polar surface area (TPSA) is 29.3 Å². The fraction of sp³-hybridized carbons (Fsp3) is 0.438. The van der Waals surface area contributed by atoms with Gasteiger partial charge in [0.1, 0.15) is 5.69 Å². The highest BCUT2D eigenvalue weighted by molar-refractivity contribution is 5.59. The van der Waals surface area contributed by atoms with Crippen molar-refractivity contribution in [1.29, 1.82) is 0 Å². The summed E-state index contributed by atoms with van der Waals surface area (Å²) in [5.74, 6) is 0.971. The Labute approximate surface area is 114 Å². The number of hydrogen-bond acceptors (Lipinski definition) is 3. The van der Waals surface area contributed by atoms with Crippen molar-refractivity contribution in [3.8, 4) is 11.3 Å². The molecule has 3 heteroatoms. The van der Waals surface area contributed by atoms with Crippen LogP contribution in [0.4, 0.5) is 0 Å². The van der Waals surface area contributed by atoms with Gasteiger partial charge in [0, 0.05) is 11.6 Å². The Hall–Kier alpha value is -1.61. The molecule has 0 saturated carbocycles. The highest BCUT2D eigenvalue weighted by atomic mass is 16.5. The van der Waals surface area contributed by atoms with Crippen molar-refractivity contribution in [1.82, 2.24) is 10.1 Å². The lowest BCUT2D eigenvalue weighted by Gasteiger charge is -2.24. The maximum absolute atomic E-state index is 5.47. The summed E-state index contributed by atoms with van der Waals surface area (Å²) in [6, 6.07) is 10.4. The summed E-state index contributed by atoms with van der Waals surface area (Å²) < 4.78 is 5.47. The largest absolute Gasteiger partial charge is 0.359 e. The van der Waals surface area contributed by atoms with Crippen molar-refractivity contribution in [2.24, 2.45) is 0 Å². The molecule has 3 rings (SSSR count). The molecule has 1 aromatic heterocycles. The second-order valence-electron chi connectivity index (χ2n) is 5.38. The van der Waals surface area contributed by atoms with Gasteiger partial charge in [0.2, 0.25) is 0 Å². The Bertz CT molecular complexity index is 541. The van der Waals surface area contributed by atoms with E-state index >= 15 is 0 Å². The third-order valence-electron chi connectivity index (χ3n) is 3.70. The van der Waals surface area contributed by atoms with Crippen LogP contribution in [-0.2, 0) is 6.54 Å². The molecule has 1 fully saturated rings. The molecule has 0 aliphatic carbocycles. The van der Waals surface area contributed by atoms with Gasteiger partial charge in [-0.05, 0) is 38.9 Å². The minimum Gasteiger partial charge on any atom is -0.359 e. The fourth-order valence-electron chi connectivity index (χ4n) is 2.67. The van der Waals surface area contributed by atoms with Gasteiger partial charge >= 0.3 is 0 Å². The number of aryl methyl sites for hydroxylation is 1. The highest BCUT2D eigenvalue weighted by Crippen LogP contribution is 2.21. The van der Waals surface area contributed by atoms with Gasteiger partial charge in [-0.15, -0.1) is 0 Å². The van der Waals surface area contributed by atoms with Crippen LogP contribution in [0, 0.1) is 6.92 Å². The lowest BCUT2D eigenvalue weighted by Crippen LogP contribution is -2.28. The van der Waals surface area contributed by atoms with E-state index in [4.69, 9.17) is 4.52 Å². The molecule has 100 valence electrons. The number of rotatable bonds is 3. The van der Waals surface area contributed by atoms with Gasteiger partial charge in [-0.3, -0.25) is 4.90 Å². The van der Waals surface area contributed by atoms with E-state index in [1.165, 1.54) is 37.9 Å². The summed E-state index contributed by atoms with van der Waals surface area (Å²) in [4.78, 5) is 2.45. The maximum Gasteiger partial charge on any atom is 0.151 e. The van der Waals surface area contributed by atoms with Crippen molar-refractivity contribution in [2.75, 3.05) is 13.1 Å². The van der Waals surface area contributed by atoms with Crippen molar-refractivity contribution in [2.45, 2.75) is 32.7 Å². The van der Waals surface area contributed by atoms with Crippen molar-refractivity contribution in [3.63, 3.8) is 0 Å². The van der Waals surface area contributed by atoms with E-state index in [2.05, 4.69) is 47.3 Å². The van der Waals surface area contributed by atoms with Gasteiger partial charge in [-0.2, -0.15) is 0 Å². The predicted octanol–water partition coefficient (Wildman–Crippen LogP) is 3.64. The number of nitrogens with zero attached hydrogens (tertiary/aromatic N) is 2. The van der Waals surface area contributed by atoms with E-state index in [0.29, 0.717) is 0 Å². The standard InChI is InChI=1S/C16H20N2O/c1-13-6-5-7-14(10-13)16-11-15(19-17-16)12-18-8-3-2-4-9-18/h5-7,10-11H,2-4,8-9,12H2,1H3. The van der Waals surface area contributed by atoms with E-state index in [0.717, 1.165) is 23.6 Å².